The molecule has 176 valence electrons. The second-order valence-electron chi connectivity index (χ2n) is 9.58. The molecule has 1 unspecified atom stereocenters. The Hall–Kier alpha value is -2.90. The minimum absolute atomic E-state index is 0.0940. The molecule has 0 radical (unpaired) electrons. The van der Waals surface area contributed by atoms with E-state index in [1.165, 1.54) is 0 Å². The predicted octanol–water partition coefficient (Wildman–Crippen LogP) is 4.11. The van der Waals surface area contributed by atoms with Crippen molar-refractivity contribution in [3.8, 4) is 5.75 Å². The molecular formula is C26H32N2O5. The maximum absolute atomic E-state index is 14.0. The molecule has 2 aliphatic rings. The van der Waals surface area contributed by atoms with E-state index in [1.54, 1.807) is 23.7 Å². The maximum atomic E-state index is 14.0. The van der Waals surface area contributed by atoms with Crippen LogP contribution in [0, 0.1) is 11.3 Å². The Labute approximate surface area is 194 Å². The summed E-state index contributed by atoms with van der Waals surface area (Å²) in [6.07, 6.45) is 2.79. The fourth-order valence-electron chi connectivity index (χ4n) is 4.89. The molecule has 1 atom stereocenters. The van der Waals surface area contributed by atoms with Crippen LogP contribution in [0.5, 0.6) is 5.75 Å². The summed E-state index contributed by atoms with van der Waals surface area (Å²) >= 11 is 0. The number of fused-ring (bicyclic) bond motifs is 1. The number of hydroxylamine groups is 1. The van der Waals surface area contributed by atoms with E-state index in [1.807, 2.05) is 49.1 Å². The minimum atomic E-state index is -0.601. The van der Waals surface area contributed by atoms with Crippen LogP contribution in [0.15, 0.2) is 48.5 Å². The number of ether oxygens (including phenoxy) is 2. The lowest BCUT2D eigenvalue weighted by atomic mass is 9.78. The van der Waals surface area contributed by atoms with Crippen LogP contribution in [-0.4, -0.2) is 41.7 Å². The first kappa shape index (κ1) is 23.3. The summed E-state index contributed by atoms with van der Waals surface area (Å²) in [7, 11) is 0. The highest BCUT2D eigenvalue weighted by atomic mass is 16.5. The molecule has 2 N–H and O–H groups in total. The molecule has 2 aromatic rings. The topological polar surface area (TPSA) is 88.1 Å². The van der Waals surface area contributed by atoms with Gasteiger partial charge < -0.3 is 14.4 Å². The van der Waals surface area contributed by atoms with E-state index in [-0.39, 0.29) is 18.6 Å². The summed E-state index contributed by atoms with van der Waals surface area (Å²) < 4.78 is 11.6. The normalized spacial score (nSPS) is 19.2. The van der Waals surface area contributed by atoms with Gasteiger partial charge in [0.2, 0.25) is 5.91 Å². The summed E-state index contributed by atoms with van der Waals surface area (Å²) in [5, 5.41) is 8.98. The van der Waals surface area contributed by atoms with Crippen LogP contribution >= 0.6 is 0 Å². The van der Waals surface area contributed by atoms with Crippen molar-refractivity contribution in [3.63, 3.8) is 0 Å². The first-order valence-corrected chi connectivity index (χ1v) is 11.5. The molecule has 2 aromatic carbocycles. The summed E-state index contributed by atoms with van der Waals surface area (Å²) in [5.74, 6) is 0.518. The maximum Gasteiger partial charge on any atom is 0.274 e. The van der Waals surface area contributed by atoms with Crippen molar-refractivity contribution < 1.29 is 24.3 Å². The van der Waals surface area contributed by atoms with Crippen molar-refractivity contribution >= 4 is 11.8 Å². The third-order valence-electron chi connectivity index (χ3n) is 6.71. The standard InChI is InChI=1S/C26H32N2O5/c1-26(2,15-18-10-12-32-13-11-18)25(30)28-16-21-9-8-20(24(29)27-31)14-23(21)33-17-22(28)19-6-4-3-5-7-19/h3-9,14,18,22,31H,10-13,15-17H2,1-2H3,(H,27,29). The monoisotopic (exact) mass is 452 g/mol. The number of carbonyl (C=O) groups is 2. The Morgan fingerprint density at radius 3 is 2.55 bits per heavy atom. The number of hydrogen-bond acceptors (Lipinski definition) is 5. The fourth-order valence-corrected chi connectivity index (χ4v) is 4.89. The molecule has 0 aliphatic carbocycles. The van der Waals surface area contributed by atoms with E-state index in [4.69, 9.17) is 14.7 Å². The summed E-state index contributed by atoms with van der Waals surface area (Å²) in [6, 6.07) is 14.7. The van der Waals surface area contributed by atoms with Crippen LogP contribution in [0.4, 0.5) is 0 Å². The molecule has 0 bridgehead atoms. The average Bonchev–Trinajstić information content (AvgIpc) is 3.03. The van der Waals surface area contributed by atoms with Gasteiger partial charge in [-0.05, 0) is 42.9 Å². The second-order valence-corrected chi connectivity index (χ2v) is 9.58. The van der Waals surface area contributed by atoms with Gasteiger partial charge in [-0.2, -0.15) is 0 Å². The number of nitrogens with zero attached hydrogens (tertiary/aromatic N) is 1. The zero-order chi connectivity index (χ0) is 23.4. The zero-order valence-electron chi connectivity index (χ0n) is 19.3. The third-order valence-corrected chi connectivity index (χ3v) is 6.71. The number of hydrogen-bond donors (Lipinski definition) is 2. The molecule has 0 saturated carbocycles. The van der Waals surface area contributed by atoms with E-state index in [9.17, 15) is 9.59 Å². The minimum Gasteiger partial charge on any atom is -0.491 e. The first-order chi connectivity index (χ1) is 15.9. The molecule has 2 heterocycles. The molecule has 2 amide bonds. The van der Waals surface area contributed by atoms with E-state index in [2.05, 4.69) is 0 Å². The van der Waals surface area contributed by atoms with Gasteiger partial charge in [-0.25, -0.2) is 5.48 Å². The lowest BCUT2D eigenvalue weighted by molar-refractivity contribution is -0.145. The number of nitrogens with one attached hydrogen (secondary N) is 1. The van der Waals surface area contributed by atoms with Crippen molar-refractivity contribution in [2.75, 3.05) is 19.8 Å². The van der Waals surface area contributed by atoms with Crippen LogP contribution < -0.4 is 10.2 Å². The van der Waals surface area contributed by atoms with Gasteiger partial charge in [0, 0.05) is 29.8 Å². The highest BCUT2D eigenvalue weighted by Crippen LogP contribution is 2.38. The van der Waals surface area contributed by atoms with Crippen molar-refractivity contribution in [3.05, 3.63) is 65.2 Å². The molecular weight excluding hydrogens is 420 g/mol. The SMILES string of the molecule is CC(C)(CC1CCOCC1)C(=O)N1Cc2ccc(C(=O)NO)cc2OCC1c1ccccc1. The lowest BCUT2D eigenvalue weighted by Crippen LogP contribution is -2.44. The average molecular weight is 453 g/mol. The van der Waals surface area contributed by atoms with E-state index in [0.29, 0.717) is 23.8 Å². The fraction of sp³-hybridized carbons (Fsp3) is 0.462. The van der Waals surface area contributed by atoms with Crippen molar-refractivity contribution in [2.45, 2.75) is 45.7 Å². The van der Waals surface area contributed by atoms with Crippen LogP contribution in [0.2, 0.25) is 0 Å². The van der Waals surface area contributed by atoms with Gasteiger partial charge in [0.1, 0.15) is 12.4 Å². The van der Waals surface area contributed by atoms with Gasteiger partial charge in [-0.1, -0.05) is 50.2 Å². The van der Waals surface area contributed by atoms with Crippen LogP contribution in [0.1, 0.15) is 60.6 Å². The summed E-state index contributed by atoms with van der Waals surface area (Å²) in [6.45, 7) is 6.25. The van der Waals surface area contributed by atoms with E-state index in [0.717, 1.165) is 43.6 Å². The van der Waals surface area contributed by atoms with Gasteiger partial charge in [-0.3, -0.25) is 14.8 Å². The van der Waals surface area contributed by atoms with Crippen LogP contribution in [0.25, 0.3) is 0 Å². The molecule has 1 saturated heterocycles. The highest BCUT2D eigenvalue weighted by Gasteiger charge is 2.39. The molecule has 4 rings (SSSR count). The molecule has 0 spiro atoms. The van der Waals surface area contributed by atoms with Crippen LogP contribution in [0.3, 0.4) is 0 Å². The Balaban J connectivity index is 1.65. The molecule has 2 aliphatic heterocycles. The number of benzene rings is 2. The Morgan fingerprint density at radius 2 is 1.85 bits per heavy atom. The number of carbonyl (C=O) groups excluding carboxylic acids is 2. The summed E-state index contributed by atoms with van der Waals surface area (Å²) in [5.41, 5.74) is 3.26. The second kappa shape index (κ2) is 9.93. The Kier molecular flexibility index (Phi) is 7.00. The smallest absolute Gasteiger partial charge is 0.274 e. The molecule has 1 fully saturated rings. The predicted molar refractivity (Wildman–Crippen MR) is 123 cm³/mol. The van der Waals surface area contributed by atoms with Gasteiger partial charge in [0.25, 0.3) is 5.91 Å². The van der Waals surface area contributed by atoms with Gasteiger partial charge in [-0.15, -0.1) is 0 Å². The zero-order valence-corrected chi connectivity index (χ0v) is 19.3. The van der Waals surface area contributed by atoms with E-state index < -0.39 is 11.3 Å². The summed E-state index contributed by atoms with van der Waals surface area (Å²) in [4.78, 5) is 27.8. The van der Waals surface area contributed by atoms with E-state index >= 15 is 0 Å². The molecule has 7 nitrogen and oxygen atoms in total. The van der Waals surface area contributed by atoms with Gasteiger partial charge >= 0.3 is 0 Å². The number of amides is 2. The van der Waals surface area contributed by atoms with Crippen molar-refractivity contribution in [1.82, 2.24) is 10.4 Å². The molecule has 0 aromatic heterocycles. The Morgan fingerprint density at radius 1 is 1.12 bits per heavy atom. The first-order valence-electron chi connectivity index (χ1n) is 11.5. The van der Waals surface area contributed by atoms with Crippen molar-refractivity contribution in [2.24, 2.45) is 11.3 Å². The number of rotatable bonds is 5. The van der Waals surface area contributed by atoms with Crippen molar-refractivity contribution in [1.29, 1.82) is 0 Å². The van der Waals surface area contributed by atoms with Crippen LogP contribution in [-0.2, 0) is 16.1 Å². The Bertz CT molecular complexity index is 985. The molecule has 7 heteroatoms. The highest BCUT2D eigenvalue weighted by molar-refractivity contribution is 5.94. The largest absolute Gasteiger partial charge is 0.491 e. The molecule has 33 heavy (non-hydrogen) atoms. The third kappa shape index (κ3) is 5.20. The lowest BCUT2D eigenvalue weighted by Gasteiger charge is -2.38. The van der Waals surface area contributed by atoms with Gasteiger partial charge in [0.15, 0.2) is 0 Å². The van der Waals surface area contributed by atoms with Gasteiger partial charge in [0.05, 0.1) is 12.6 Å². The quantitative estimate of drug-likeness (QED) is 0.527.